The van der Waals surface area contributed by atoms with Crippen molar-refractivity contribution >= 4 is 43.4 Å². The molecule has 0 aliphatic rings. The number of nitrogens with zero attached hydrogens (tertiary/aromatic N) is 4. The van der Waals surface area contributed by atoms with Crippen LogP contribution in [0.5, 0.6) is 0 Å². The number of amides is 1. The molecule has 0 saturated carbocycles. The monoisotopic (exact) mass is 422 g/mol. The first-order chi connectivity index (χ1) is 12.1. The Kier molecular flexibility index (Phi) is 5.82. The van der Waals surface area contributed by atoms with Crippen LogP contribution in [0.15, 0.2) is 39.9 Å². The molecule has 1 aromatic carbocycles. The molecule has 0 aliphatic heterocycles. The summed E-state index contributed by atoms with van der Waals surface area (Å²) < 4.78 is 11.3. The highest BCUT2D eigenvalue weighted by atomic mass is 79.9. The van der Waals surface area contributed by atoms with Crippen LogP contribution in [-0.4, -0.2) is 33.5 Å². The molecule has 0 atom stereocenters. The Balaban J connectivity index is 2.03. The molecule has 2 aromatic heterocycles. The molecule has 3 rings (SSSR count). The molecule has 0 aliphatic carbocycles. The molecule has 0 bridgehead atoms. The highest BCUT2D eigenvalue weighted by molar-refractivity contribution is 9.10. The second-order valence-electron chi connectivity index (χ2n) is 5.32. The predicted octanol–water partition coefficient (Wildman–Crippen LogP) is 3.46. The highest BCUT2D eigenvalue weighted by Gasteiger charge is 2.11. The van der Waals surface area contributed by atoms with E-state index < -0.39 is 0 Å². The van der Waals surface area contributed by atoms with Gasteiger partial charge in [0, 0.05) is 30.4 Å². The van der Waals surface area contributed by atoms with Crippen molar-refractivity contribution in [2.45, 2.75) is 26.9 Å². The minimum Gasteiger partial charge on any atom is -0.380 e. The van der Waals surface area contributed by atoms with Gasteiger partial charge in [0.1, 0.15) is 0 Å². The third-order valence-corrected chi connectivity index (χ3v) is 5.22. The van der Waals surface area contributed by atoms with Gasteiger partial charge in [-0.15, -0.1) is 0 Å². The van der Waals surface area contributed by atoms with E-state index in [4.69, 9.17) is 4.74 Å². The fraction of sp³-hybridized carbons (Fsp3) is 0.353. The maximum Gasteiger partial charge on any atom is 0.300 e. The minimum absolute atomic E-state index is 0.331. The van der Waals surface area contributed by atoms with Gasteiger partial charge in [0.25, 0.3) is 5.91 Å². The lowest BCUT2D eigenvalue weighted by Gasteiger charge is -2.05. The summed E-state index contributed by atoms with van der Waals surface area (Å²) in [6.07, 6.45) is 1.79. The van der Waals surface area contributed by atoms with Gasteiger partial charge in [-0.1, -0.05) is 27.3 Å². The first kappa shape index (κ1) is 18.0. The van der Waals surface area contributed by atoms with Crippen molar-refractivity contribution in [2.24, 2.45) is 4.99 Å². The number of carbonyl (C=O) groups excluding carboxylic acids is 1. The van der Waals surface area contributed by atoms with Crippen LogP contribution >= 0.6 is 27.3 Å². The molecule has 1 amide bonds. The lowest BCUT2D eigenvalue weighted by molar-refractivity contribution is 0.0991. The minimum atomic E-state index is -0.331. The van der Waals surface area contributed by atoms with E-state index in [1.165, 1.54) is 11.3 Å². The van der Waals surface area contributed by atoms with Gasteiger partial charge in [0.15, 0.2) is 10.5 Å². The van der Waals surface area contributed by atoms with Gasteiger partial charge in [-0.3, -0.25) is 9.48 Å². The maximum atomic E-state index is 12.5. The standard InChI is InChI=1S/C17H19BrN4O2S/c1-3-21-8-7-13(20-21)16(23)19-17-22(9-10-24-4-2)14-6-5-12(18)11-15(14)25-17/h5-8,11H,3-4,9-10H2,1-2H3. The van der Waals surface area contributed by atoms with Gasteiger partial charge in [-0.05, 0) is 38.1 Å². The number of ether oxygens (including phenoxy) is 1. The molecule has 8 heteroatoms. The zero-order valence-corrected chi connectivity index (χ0v) is 16.5. The summed E-state index contributed by atoms with van der Waals surface area (Å²) in [5.41, 5.74) is 1.40. The number of halogens is 1. The maximum absolute atomic E-state index is 12.5. The molecule has 132 valence electrons. The molecule has 3 aromatic rings. The van der Waals surface area contributed by atoms with Crippen molar-refractivity contribution in [2.75, 3.05) is 13.2 Å². The fourth-order valence-corrected chi connectivity index (χ4v) is 4.05. The molecular formula is C17H19BrN4O2S. The number of carbonyl (C=O) groups is 1. The molecule has 0 N–H and O–H groups in total. The smallest absolute Gasteiger partial charge is 0.300 e. The summed E-state index contributed by atoms with van der Waals surface area (Å²) in [5, 5.41) is 4.23. The van der Waals surface area contributed by atoms with Gasteiger partial charge in [-0.2, -0.15) is 10.1 Å². The van der Waals surface area contributed by atoms with Crippen molar-refractivity contribution in [1.82, 2.24) is 14.3 Å². The van der Waals surface area contributed by atoms with E-state index in [0.29, 0.717) is 30.3 Å². The molecule has 25 heavy (non-hydrogen) atoms. The number of rotatable bonds is 6. The third-order valence-electron chi connectivity index (χ3n) is 3.69. The van der Waals surface area contributed by atoms with Gasteiger partial charge < -0.3 is 9.30 Å². The van der Waals surface area contributed by atoms with Gasteiger partial charge in [0.05, 0.1) is 16.8 Å². The van der Waals surface area contributed by atoms with E-state index in [0.717, 1.165) is 21.2 Å². The first-order valence-corrected chi connectivity index (χ1v) is 9.72. The van der Waals surface area contributed by atoms with Crippen molar-refractivity contribution in [1.29, 1.82) is 0 Å². The van der Waals surface area contributed by atoms with Crippen LogP contribution in [0.2, 0.25) is 0 Å². The van der Waals surface area contributed by atoms with Crippen LogP contribution in [0.4, 0.5) is 0 Å². The Hall–Kier alpha value is -1.77. The Labute approximate surface area is 157 Å². The lowest BCUT2D eigenvalue weighted by atomic mass is 10.3. The Morgan fingerprint density at radius 2 is 2.20 bits per heavy atom. The van der Waals surface area contributed by atoms with E-state index >= 15 is 0 Å². The molecule has 2 heterocycles. The van der Waals surface area contributed by atoms with Crippen LogP contribution in [0, 0.1) is 0 Å². The average molecular weight is 423 g/mol. The Morgan fingerprint density at radius 1 is 1.36 bits per heavy atom. The zero-order chi connectivity index (χ0) is 17.8. The molecule has 0 saturated heterocycles. The van der Waals surface area contributed by atoms with Crippen LogP contribution in [0.3, 0.4) is 0 Å². The molecular weight excluding hydrogens is 404 g/mol. The SMILES string of the molecule is CCOCCn1c(=NC(=O)c2ccn(CC)n2)sc2cc(Br)ccc21. The lowest BCUT2D eigenvalue weighted by Crippen LogP contribution is -2.20. The largest absolute Gasteiger partial charge is 0.380 e. The van der Waals surface area contributed by atoms with Gasteiger partial charge in [0.2, 0.25) is 0 Å². The summed E-state index contributed by atoms with van der Waals surface area (Å²) in [6.45, 7) is 6.54. The molecule has 0 unspecified atom stereocenters. The number of hydrogen-bond acceptors (Lipinski definition) is 4. The Bertz CT molecular complexity index is 957. The van der Waals surface area contributed by atoms with E-state index in [-0.39, 0.29) is 5.91 Å². The van der Waals surface area contributed by atoms with Crippen molar-refractivity contribution in [3.63, 3.8) is 0 Å². The highest BCUT2D eigenvalue weighted by Crippen LogP contribution is 2.22. The second kappa shape index (κ2) is 8.07. The van der Waals surface area contributed by atoms with Crippen molar-refractivity contribution < 1.29 is 9.53 Å². The van der Waals surface area contributed by atoms with E-state index in [1.54, 1.807) is 16.9 Å². The topological polar surface area (TPSA) is 61.4 Å². The summed E-state index contributed by atoms with van der Waals surface area (Å²) in [5.74, 6) is -0.331. The quantitative estimate of drug-likeness (QED) is 0.571. The summed E-state index contributed by atoms with van der Waals surface area (Å²) >= 11 is 4.98. The summed E-state index contributed by atoms with van der Waals surface area (Å²) in [4.78, 5) is 17.5. The van der Waals surface area contributed by atoms with Gasteiger partial charge >= 0.3 is 0 Å². The summed E-state index contributed by atoms with van der Waals surface area (Å²) in [6, 6.07) is 7.74. The van der Waals surface area contributed by atoms with E-state index in [2.05, 4.69) is 26.0 Å². The van der Waals surface area contributed by atoms with E-state index in [1.807, 2.05) is 36.6 Å². The summed E-state index contributed by atoms with van der Waals surface area (Å²) in [7, 11) is 0. The van der Waals surface area contributed by atoms with Crippen molar-refractivity contribution in [3.05, 3.63) is 45.4 Å². The number of hydrogen-bond donors (Lipinski definition) is 0. The number of fused-ring (bicyclic) bond motifs is 1. The fourth-order valence-electron chi connectivity index (χ4n) is 2.44. The van der Waals surface area contributed by atoms with Crippen LogP contribution in [-0.2, 0) is 17.8 Å². The number of aryl methyl sites for hydroxylation is 1. The molecule has 0 spiro atoms. The molecule has 0 radical (unpaired) electrons. The number of thiazole rings is 1. The van der Waals surface area contributed by atoms with E-state index in [9.17, 15) is 4.79 Å². The van der Waals surface area contributed by atoms with Crippen LogP contribution in [0.25, 0.3) is 10.2 Å². The number of benzene rings is 1. The molecule has 0 fully saturated rings. The predicted molar refractivity (Wildman–Crippen MR) is 102 cm³/mol. The second-order valence-corrected chi connectivity index (χ2v) is 7.24. The Morgan fingerprint density at radius 3 is 2.92 bits per heavy atom. The third kappa shape index (κ3) is 4.08. The normalized spacial score (nSPS) is 12.2. The number of aromatic nitrogens is 3. The van der Waals surface area contributed by atoms with Gasteiger partial charge in [-0.25, -0.2) is 0 Å². The van der Waals surface area contributed by atoms with Crippen molar-refractivity contribution in [3.8, 4) is 0 Å². The first-order valence-electron chi connectivity index (χ1n) is 8.11. The van der Waals surface area contributed by atoms with Crippen LogP contribution in [0.1, 0.15) is 24.3 Å². The zero-order valence-electron chi connectivity index (χ0n) is 14.1. The molecule has 6 nitrogen and oxygen atoms in total. The van der Waals surface area contributed by atoms with Crippen LogP contribution < -0.4 is 4.80 Å². The average Bonchev–Trinajstić information content (AvgIpc) is 3.20.